The minimum atomic E-state index is -3.45. The van der Waals surface area contributed by atoms with Crippen molar-refractivity contribution >= 4 is 16.0 Å². The molecule has 9 heteroatoms. The predicted octanol–water partition coefficient (Wildman–Crippen LogP) is 5.07. The molecule has 0 bridgehead atoms. The molecule has 0 radical (unpaired) electrons. The van der Waals surface area contributed by atoms with Gasteiger partial charge < -0.3 is 14.6 Å². The Morgan fingerprint density at radius 1 is 0.921 bits per heavy atom. The van der Waals surface area contributed by atoms with Crippen LogP contribution in [0.2, 0.25) is 0 Å². The Labute approximate surface area is 225 Å². The van der Waals surface area contributed by atoms with Crippen LogP contribution in [-0.4, -0.2) is 43.0 Å². The molecule has 4 rings (SSSR count). The second-order valence-corrected chi connectivity index (χ2v) is 12.5. The lowest BCUT2D eigenvalue weighted by atomic mass is 9.75. The number of hydrogen-bond donors (Lipinski definition) is 2. The molecule has 0 saturated heterocycles. The number of aliphatic hydroxyl groups is 1. The maximum absolute atomic E-state index is 11.4. The summed E-state index contributed by atoms with van der Waals surface area (Å²) in [6.07, 6.45) is 8.14. The molecule has 2 N–H and O–H groups in total. The average molecular weight is 540 g/mol. The zero-order valence-electron chi connectivity index (χ0n) is 22.3. The molecule has 0 atom stereocenters. The molecule has 3 aromatic rings. The normalized spacial score (nSPS) is 15.6. The standard InChI is InChI=1S/C29H37N3O5S/c1-28(2,23-9-13-26(14-10-23)37-21-29(20-33)16-5-4-6-17-29)22-7-11-25(12-8-22)36-19-24-15-18-30-27(31-24)32-38(3,34)35/h7-15,18,33H,4-6,16-17,19-21H2,1-3H3,(H,30,31,32). The third kappa shape index (κ3) is 7.23. The highest BCUT2D eigenvalue weighted by Gasteiger charge is 2.32. The van der Waals surface area contributed by atoms with E-state index in [9.17, 15) is 13.5 Å². The summed E-state index contributed by atoms with van der Waals surface area (Å²) in [5, 5.41) is 9.94. The minimum absolute atomic E-state index is 0.0176. The zero-order valence-corrected chi connectivity index (χ0v) is 23.1. The van der Waals surface area contributed by atoms with Gasteiger partial charge in [0.1, 0.15) is 18.1 Å². The van der Waals surface area contributed by atoms with Gasteiger partial charge in [-0.3, -0.25) is 4.72 Å². The van der Waals surface area contributed by atoms with Gasteiger partial charge in [-0.1, -0.05) is 57.4 Å². The number of aliphatic hydroxyl groups excluding tert-OH is 1. The lowest BCUT2D eigenvalue weighted by Gasteiger charge is -2.35. The van der Waals surface area contributed by atoms with Crippen molar-refractivity contribution < 1.29 is 23.0 Å². The predicted molar refractivity (Wildman–Crippen MR) is 148 cm³/mol. The molecule has 0 spiro atoms. The van der Waals surface area contributed by atoms with Gasteiger partial charge in [0, 0.05) is 17.0 Å². The number of nitrogens with zero attached hydrogens (tertiary/aromatic N) is 2. The highest BCUT2D eigenvalue weighted by atomic mass is 32.2. The number of nitrogens with one attached hydrogen (secondary N) is 1. The third-order valence-corrected chi connectivity index (χ3v) is 7.88. The van der Waals surface area contributed by atoms with Crippen molar-refractivity contribution in [2.24, 2.45) is 5.41 Å². The molecule has 0 unspecified atom stereocenters. The summed E-state index contributed by atoms with van der Waals surface area (Å²) in [6, 6.07) is 17.8. The van der Waals surface area contributed by atoms with Crippen LogP contribution in [0.1, 0.15) is 62.8 Å². The second kappa shape index (κ2) is 11.7. The van der Waals surface area contributed by atoms with Gasteiger partial charge in [-0.15, -0.1) is 0 Å². The van der Waals surface area contributed by atoms with E-state index in [0.29, 0.717) is 18.1 Å². The third-order valence-electron chi connectivity index (χ3n) is 7.32. The number of benzene rings is 2. The molecule has 1 aliphatic rings. The first-order chi connectivity index (χ1) is 18.1. The second-order valence-electron chi connectivity index (χ2n) is 10.7. The van der Waals surface area contributed by atoms with Gasteiger partial charge in [0.25, 0.3) is 0 Å². The fraction of sp³-hybridized carbons (Fsp3) is 0.448. The monoisotopic (exact) mass is 539 g/mol. The molecule has 1 fully saturated rings. The van der Waals surface area contributed by atoms with Crippen molar-refractivity contribution in [1.29, 1.82) is 0 Å². The van der Waals surface area contributed by atoms with Gasteiger partial charge in [0.2, 0.25) is 16.0 Å². The molecule has 1 saturated carbocycles. The van der Waals surface area contributed by atoms with Crippen LogP contribution < -0.4 is 14.2 Å². The molecule has 0 amide bonds. The Bertz CT molecular complexity index is 1300. The molecular weight excluding hydrogens is 502 g/mol. The van der Waals surface area contributed by atoms with Crippen LogP contribution in [0.25, 0.3) is 0 Å². The first-order valence-corrected chi connectivity index (χ1v) is 14.9. The van der Waals surface area contributed by atoms with Gasteiger partial charge in [-0.25, -0.2) is 18.4 Å². The minimum Gasteiger partial charge on any atom is -0.493 e. The fourth-order valence-corrected chi connectivity index (χ4v) is 5.27. The molecule has 1 aliphatic carbocycles. The fourth-order valence-electron chi connectivity index (χ4n) is 4.84. The van der Waals surface area contributed by atoms with Crippen LogP contribution in [0.4, 0.5) is 5.95 Å². The van der Waals surface area contributed by atoms with Crippen LogP contribution in [0, 0.1) is 5.41 Å². The van der Waals surface area contributed by atoms with E-state index in [-0.39, 0.29) is 30.0 Å². The lowest BCUT2D eigenvalue weighted by Crippen LogP contribution is -2.34. The maximum Gasteiger partial charge on any atom is 0.236 e. The van der Waals surface area contributed by atoms with Crippen molar-refractivity contribution in [2.45, 2.75) is 58.0 Å². The summed E-state index contributed by atoms with van der Waals surface area (Å²) < 4.78 is 37.0. The number of anilines is 1. The van der Waals surface area contributed by atoms with Crippen LogP contribution in [0.3, 0.4) is 0 Å². The molecule has 8 nitrogen and oxygen atoms in total. The van der Waals surface area contributed by atoms with E-state index in [1.165, 1.54) is 18.2 Å². The number of rotatable bonds is 11. The molecular formula is C29H37N3O5S. The smallest absolute Gasteiger partial charge is 0.236 e. The van der Waals surface area contributed by atoms with Gasteiger partial charge in [0.05, 0.1) is 25.2 Å². The van der Waals surface area contributed by atoms with Gasteiger partial charge in [0.15, 0.2) is 0 Å². The van der Waals surface area contributed by atoms with Crippen LogP contribution >= 0.6 is 0 Å². The maximum atomic E-state index is 11.4. The van der Waals surface area contributed by atoms with E-state index in [2.05, 4.69) is 40.7 Å². The van der Waals surface area contributed by atoms with Gasteiger partial charge in [-0.2, -0.15) is 0 Å². The highest BCUT2D eigenvalue weighted by Crippen LogP contribution is 2.37. The molecule has 1 heterocycles. The Balaban J connectivity index is 1.36. The quantitative estimate of drug-likeness (QED) is 0.350. The van der Waals surface area contributed by atoms with E-state index < -0.39 is 10.0 Å². The summed E-state index contributed by atoms with van der Waals surface area (Å²) in [7, 11) is -3.45. The van der Waals surface area contributed by atoms with E-state index in [1.807, 2.05) is 36.4 Å². The van der Waals surface area contributed by atoms with Crippen molar-refractivity contribution in [3.8, 4) is 11.5 Å². The number of aromatic nitrogens is 2. The Morgan fingerprint density at radius 2 is 1.50 bits per heavy atom. The Morgan fingerprint density at radius 3 is 2.05 bits per heavy atom. The number of ether oxygens (including phenoxy) is 2. The van der Waals surface area contributed by atoms with Crippen LogP contribution in [-0.2, 0) is 22.0 Å². The summed E-state index contributed by atoms with van der Waals surface area (Å²) >= 11 is 0. The molecule has 1 aromatic heterocycles. The Hall–Kier alpha value is -3.17. The van der Waals surface area contributed by atoms with Crippen molar-refractivity contribution in [1.82, 2.24) is 9.97 Å². The first kappa shape index (κ1) is 27.9. The number of sulfonamides is 1. The Kier molecular flexibility index (Phi) is 8.57. The van der Waals surface area contributed by atoms with Gasteiger partial charge >= 0.3 is 0 Å². The van der Waals surface area contributed by atoms with Crippen molar-refractivity contribution in [3.63, 3.8) is 0 Å². The van der Waals surface area contributed by atoms with Crippen LogP contribution in [0.5, 0.6) is 11.5 Å². The summed E-state index contributed by atoms with van der Waals surface area (Å²) in [5.74, 6) is 1.53. The molecule has 0 aliphatic heterocycles. The molecule has 204 valence electrons. The zero-order chi connectivity index (χ0) is 27.2. The van der Waals surface area contributed by atoms with Crippen molar-refractivity contribution in [3.05, 3.63) is 77.6 Å². The first-order valence-electron chi connectivity index (χ1n) is 13.0. The molecule has 2 aromatic carbocycles. The topological polar surface area (TPSA) is 111 Å². The van der Waals surface area contributed by atoms with Crippen molar-refractivity contribution in [2.75, 3.05) is 24.2 Å². The van der Waals surface area contributed by atoms with E-state index in [1.54, 1.807) is 6.07 Å². The number of hydrogen-bond acceptors (Lipinski definition) is 7. The van der Waals surface area contributed by atoms with Gasteiger partial charge in [-0.05, 0) is 54.3 Å². The largest absolute Gasteiger partial charge is 0.493 e. The highest BCUT2D eigenvalue weighted by molar-refractivity contribution is 7.91. The van der Waals surface area contributed by atoms with E-state index in [4.69, 9.17) is 9.47 Å². The summed E-state index contributed by atoms with van der Waals surface area (Å²) in [4.78, 5) is 8.09. The molecule has 38 heavy (non-hydrogen) atoms. The summed E-state index contributed by atoms with van der Waals surface area (Å²) in [5.41, 5.74) is 2.53. The SMILES string of the molecule is CC(C)(c1ccc(OCc2ccnc(NS(C)(=O)=O)n2)cc1)c1ccc(OCC2(CO)CCCCC2)cc1. The lowest BCUT2D eigenvalue weighted by molar-refractivity contribution is 0.0332. The summed E-state index contributed by atoms with van der Waals surface area (Å²) in [6.45, 7) is 5.27. The van der Waals surface area contributed by atoms with E-state index in [0.717, 1.165) is 43.3 Å². The van der Waals surface area contributed by atoms with E-state index >= 15 is 0 Å². The average Bonchev–Trinajstić information content (AvgIpc) is 2.91. The van der Waals surface area contributed by atoms with Crippen LogP contribution in [0.15, 0.2) is 60.8 Å².